The Bertz CT molecular complexity index is 1120. The highest BCUT2D eigenvalue weighted by Gasteiger charge is 2.13. The Morgan fingerprint density at radius 3 is 2.55 bits per heavy atom. The van der Waals surface area contributed by atoms with Crippen LogP contribution in [0.5, 0.6) is 0 Å². The lowest BCUT2D eigenvalue weighted by Gasteiger charge is -2.05. The van der Waals surface area contributed by atoms with Crippen molar-refractivity contribution in [1.82, 2.24) is 15.2 Å². The largest absolute Gasteiger partial charge is 0.451 e. The molecule has 2 heterocycles. The normalized spacial score (nSPS) is 10.8. The Balaban J connectivity index is 1.36. The van der Waals surface area contributed by atoms with Crippen LogP contribution in [0.15, 0.2) is 74.7 Å². The number of anilines is 1. The number of thioether (sulfide) groups is 1. The molecule has 29 heavy (non-hydrogen) atoms. The van der Waals surface area contributed by atoms with Gasteiger partial charge in [-0.1, -0.05) is 52.0 Å². The number of aromatic nitrogens is 3. The monoisotopic (exact) mass is 468 g/mol. The maximum absolute atomic E-state index is 12.5. The first kappa shape index (κ1) is 19.5. The number of hydrogen-bond acceptors (Lipinski definition) is 5. The summed E-state index contributed by atoms with van der Waals surface area (Å²) in [5, 5.41) is 10.5. The number of H-pyrrole nitrogens is 1. The Hall–Kier alpha value is -2.84. The fraction of sp³-hybridized carbons (Fsp3) is 0.0952. The van der Waals surface area contributed by atoms with Crippen molar-refractivity contribution >= 4 is 39.3 Å². The molecule has 0 aliphatic carbocycles. The van der Waals surface area contributed by atoms with Crippen molar-refractivity contribution in [3.05, 3.63) is 82.3 Å². The zero-order valence-electron chi connectivity index (χ0n) is 15.5. The molecule has 1 amide bonds. The fourth-order valence-electron chi connectivity index (χ4n) is 2.64. The third-order valence-electron chi connectivity index (χ3n) is 4.11. The molecule has 0 saturated carbocycles. The summed E-state index contributed by atoms with van der Waals surface area (Å²) in [6.45, 7) is 1.87. The molecule has 2 aromatic heterocycles. The van der Waals surface area contributed by atoms with Gasteiger partial charge in [0.15, 0.2) is 5.76 Å². The van der Waals surface area contributed by atoms with Crippen LogP contribution >= 0.6 is 27.7 Å². The molecule has 4 rings (SSSR count). The number of halogens is 1. The zero-order valence-corrected chi connectivity index (χ0v) is 17.9. The van der Waals surface area contributed by atoms with Gasteiger partial charge in [-0.05, 0) is 48.9 Å². The molecule has 4 aromatic rings. The highest BCUT2D eigenvalue weighted by Crippen LogP contribution is 2.25. The lowest BCUT2D eigenvalue weighted by atomic mass is 10.2. The number of amides is 1. The van der Waals surface area contributed by atoms with E-state index in [1.165, 1.54) is 0 Å². The van der Waals surface area contributed by atoms with E-state index in [9.17, 15) is 4.79 Å². The summed E-state index contributed by atoms with van der Waals surface area (Å²) in [4.78, 5) is 16.7. The fourth-order valence-corrected chi connectivity index (χ4v) is 3.71. The number of aryl methyl sites for hydroxylation is 1. The molecule has 146 valence electrons. The summed E-state index contributed by atoms with van der Waals surface area (Å²) >= 11 is 4.96. The summed E-state index contributed by atoms with van der Waals surface area (Å²) in [6.07, 6.45) is 0. The van der Waals surface area contributed by atoms with Gasteiger partial charge in [-0.3, -0.25) is 9.89 Å². The van der Waals surface area contributed by atoms with E-state index in [0.717, 1.165) is 32.3 Å². The van der Waals surface area contributed by atoms with E-state index in [4.69, 9.17) is 4.42 Å². The first-order valence-corrected chi connectivity index (χ1v) is 10.6. The van der Waals surface area contributed by atoms with Crippen LogP contribution in [0.3, 0.4) is 0 Å². The maximum atomic E-state index is 12.5. The molecule has 0 spiro atoms. The van der Waals surface area contributed by atoms with Gasteiger partial charge < -0.3 is 9.73 Å². The van der Waals surface area contributed by atoms with Crippen LogP contribution in [0, 0.1) is 6.92 Å². The number of carbonyl (C=O) groups excluding carboxylic acids is 1. The van der Waals surface area contributed by atoms with Crippen molar-refractivity contribution in [3.63, 3.8) is 0 Å². The molecule has 0 fully saturated rings. The summed E-state index contributed by atoms with van der Waals surface area (Å²) < 4.78 is 6.70. The van der Waals surface area contributed by atoms with Crippen LogP contribution in [0.2, 0.25) is 0 Å². The van der Waals surface area contributed by atoms with E-state index in [2.05, 4.69) is 36.4 Å². The summed E-state index contributed by atoms with van der Waals surface area (Å²) in [5.41, 5.74) is 2.74. The number of rotatable bonds is 6. The minimum absolute atomic E-state index is 0.266. The second-order valence-corrected chi connectivity index (χ2v) is 8.17. The van der Waals surface area contributed by atoms with Gasteiger partial charge in [0.1, 0.15) is 11.6 Å². The van der Waals surface area contributed by atoms with Crippen molar-refractivity contribution in [1.29, 1.82) is 0 Å². The van der Waals surface area contributed by atoms with E-state index in [0.29, 0.717) is 11.4 Å². The van der Waals surface area contributed by atoms with Gasteiger partial charge in [-0.25, -0.2) is 4.98 Å². The SMILES string of the molecule is Cc1nc(SCc2ccc(NC(=O)c3ccc(-c4ccc(Br)cc4)o3)cc2)n[nH]1. The maximum Gasteiger partial charge on any atom is 0.291 e. The van der Waals surface area contributed by atoms with Crippen LogP contribution < -0.4 is 5.32 Å². The van der Waals surface area contributed by atoms with E-state index in [-0.39, 0.29) is 11.7 Å². The number of aromatic amines is 1. The average Bonchev–Trinajstić information content (AvgIpc) is 3.37. The van der Waals surface area contributed by atoms with Crippen LogP contribution in [0.1, 0.15) is 21.9 Å². The van der Waals surface area contributed by atoms with Gasteiger partial charge in [-0.2, -0.15) is 0 Å². The lowest BCUT2D eigenvalue weighted by molar-refractivity contribution is 0.0997. The smallest absolute Gasteiger partial charge is 0.291 e. The quantitative estimate of drug-likeness (QED) is 0.355. The molecular weight excluding hydrogens is 452 g/mol. The second-order valence-electron chi connectivity index (χ2n) is 6.31. The van der Waals surface area contributed by atoms with Crippen molar-refractivity contribution in [2.45, 2.75) is 17.8 Å². The van der Waals surface area contributed by atoms with E-state index >= 15 is 0 Å². The number of carbonyl (C=O) groups is 1. The zero-order chi connectivity index (χ0) is 20.2. The third-order valence-corrected chi connectivity index (χ3v) is 5.56. The Morgan fingerprint density at radius 1 is 1.10 bits per heavy atom. The van der Waals surface area contributed by atoms with Gasteiger partial charge in [0.2, 0.25) is 5.16 Å². The van der Waals surface area contributed by atoms with Gasteiger partial charge in [0.25, 0.3) is 5.91 Å². The molecule has 2 N–H and O–H groups in total. The summed E-state index contributed by atoms with van der Waals surface area (Å²) in [6, 6.07) is 18.9. The number of benzene rings is 2. The van der Waals surface area contributed by atoms with Crippen LogP contribution in [-0.2, 0) is 5.75 Å². The van der Waals surface area contributed by atoms with Gasteiger partial charge in [-0.15, -0.1) is 5.10 Å². The second kappa shape index (κ2) is 8.67. The predicted octanol–water partition coefficient (Wildman–Crippen LogP) is 5.68. The topological polar surface area (TPSA) is 83.8 Å². The molecule has 0 aliphatic rings. The molecule has 6 nitrogen and oxygen atoms in total. The molecule has 0 bridgehead atoms. The Kier molecular flexibility index (Phi) is 5.82. The number of furan rings is 1. The van der Waals surface area contributed by atoms with Crippen molar-refractivity contribution in [2.75, 3.05) is 5.32 Å². The number of nitrogens with one attached hydrogen (secondary N) is 2. The summed E-state index contributed by atoms with van der Waals surface area (Å²) in [7, 11) is 0. The van der Waals surface area contributed by atoms with Gasteiger partial charge in [0.05, 0.1) is 0 Å². The van der Waals surface area contributed by atoms with Crippen LogP contribution in [-0.4, -0.2) is 21.1 Å². The van der Waals surface area contributed by atoms with Crippen molar-refractivity contribution in [3.8, 4) is 11.3 Å². The highest BCUT2D eigenvalue weighted by atomic mass is 79.9. The number of hydrogen-bond donors (Lipinski definition) is 2. The highest BCUT2D eigenvalue weighted by molar-refractivity contribution is 9.10. The van der Waals surface area contributed by atoms with E-state index in [1.54, 1.807) is 23.9 Å². The number of nitrogens with zero attached hydrogens (tertiary/aromatic N) is 2. The molecule has 8 heteroatoms. The molecule has 0 atom stereocenters. The standard InChI is InChI=1S/C21H17BrN4O2S/c1-13-23-21(26-25-13)29-12-14-2-8-17(9-3-14)24-20(27)19-11-10-18(28-19)15-4-6-16(22)7-5-15/h2-11H,12H2,1H3,(H,24,27)(H,23,25,26). The Morgan fingerprint density at radius 2 is 1.86 bits per heavy atom. The van der Waals surface area contributed by atoms with Crippen molar-refractivity contribution < 1.29 is 9.21 Å². The van der Waals surface area contributed by atoms with E-state index < -0.39 is 0 Å². The molecule has 0 saturated heterocycles. The van der Waals surface area contributed by atoms with Crippen LogP contribution in [0.25, 0.3) is 11.3 Å². The first-order valence-electron chi connectivity index (χ1n) is 8.85. The lowest BCUT2D eigenvalue weighted by Crippen LogP contribution is -2.10. The summed E-state index contributed by atoms with van der Waals surface area (Å²) in [5.74, 6) is 2.18. The molecule has 0 unspecified atom stereocenters. The predicted molar refractivity (Wildman–Crippen MR) is 117 cm³/mol. The van der Waals surface area contributed by atoms with E-state index in [1.807, 2.05) is 55.5 Å². The minimum atomic E-state index is -0.285. The first-order chi connectivity index (χ1) is 14.1. The average molecular weight is 469 g/mol. The minimum Gasteiger partial charge on any atom is -0.451 e. The van der Waals surface area contributed by atoms with Gasteiger partial charge >= 0.3 is 0 Å². The molecule has 2 aromatic carbocycles. The van der Waals surface area contributed by atoms with Gasteiger partial charge in [0, 0.05) is 21.5 Å². The van der Waals surface area contributed by atoms with Crippen molar-refractivity contribution in [2.24, 2.45) is 0 Å². The molecule has 0 radical (unpaired) electrons. The van der Waals surface area contributed by atoms with Crippen LogP contribution in [0.4, 0.5) is 5.69 Å². The molecule has 0 aliphatic heterocycles. The third kappa shape index (κ3) is 4.96. The Labute approximate surface area is 180 Å². The molecular formula is C21H17BrN4O2S.